The third-order valence-corrected chi connectivity index (χ3v) is 6.31. The molecule has 1 aliphatic carbocycles. The number of carbonyl (C=O) groups is 2. The highest BCUT2D eigenvalue weighted by atomic mass is 32.1. The second kappa shape index (κ2) is 7.75. The smallest absolute Gasteiger partial charge is 0.311 e. The Bertz CT molecular complexity index is 1120. The summed E-state index contributed by atoms with van der Waals surface area (Å²) < 4.78 is 40.8. The molecule has 0 aliphatic heterocycles. The molecule has 2 aromatic heterocycles. The van der Waals surface area contributed by atoms with Crippen LogP contribution in [0.25, 0.3) is 11.0 Å². The van der Waals surface area contributed by atoms with Crippen molar-refractivity contribution in [2.45, 2.75) is 38.9 Å². The lowest BCUT2D eigenvalue weighted by atomic mass is 9.90. The Labute approximate surface area is 174 Å². The van der Waals surface area contributed by atoms with E-state index in [9.17, 15) is 22.8 Å². The molecule has 0 fully saturated rings. The van der Waals surface area contributed by atoms with Crippen LogP contribution in [0.4, 0.5) is 13.2 Å². The zero-order chi connectivity index (χ0) is 21.5. The van der Waals surface area contributed by atoms with Crippen molar-refractivity contribution in [3.05, 3.63) is 51.5 Å². The lowest BCUT2D eigenvalue weighted by molar-refractivity contribution is -0.147. The SMILES string of the molecule is CC1CCc2sc(C(=O)NNC(=O)Cn3c(C(F)(F)F)nc4ccccc43)cc2C1. The van der Waals surface area contributed by atoms with Crippen molar-refractivity contribution in [2.24, 2.45) is 5.92 Å². The summed E-state index contributed by atoms with van der Waals surface area (Å²) in [6, 6.07) is 7.87. The third kappa shape index (κ3) is 4.04. The number of thiophene rings is 1. The van der Waals surface area contributed by atoms with Crippen LogP contribution in [-0.2, 0) is 30.4 Å². The monoisotopic (exact) mass is 436 g/mol. The fourth-order valence-corrected chi connectivity index (χ4v) is 4.74. The fourth-order valence-electron chi connectivity index (χ4n) is 3.64. The number of hydrogen-bond donors (Lipinski definition) is 2. The minimum atomic E-state index is -4.71. The summed E-state index contributed by atoms with van der Waals surface area (Å²) in [5, 5.41) is 0. The first-order chi connectivity index (χ1) is 14.2. The van der Waals surface area contributed by atoms with Gasteiger partial charge in [0.15, 0.2) is 0 Å². The van der Waals surface area contributed by atoms with Crippen LogP contribution in [0.5, 0.6) is 0 Å². The number of aryl methyl sites for hydroxylation is 1. The highest BCUT2D eigenvalue weighted by Gasteiger charge is 2.38. The first-order valence-electron chi connectivity index (χ1n) is 9.45. The van der Waals surface area contributed by atoms with Crippen molar-refractivity contribution in [3.8, 4) is 0 Å². The molecule has 6 nitrogen and oxygen atoms in total. The zero-order valence-corrected chi connectivity index (χ0v) is 16.9. The van der Waals surface area contributed by atoms with E-state index >= 15 is 0 Å². The number of benzene rings is 1. The quantitative estimate of drug-likeness (QED) is 0.615. The van der Waals surface area contributed by atoms with Gasteiger partial charge in [-0.3, -0.25) is 20.4 Å². The summed E-state index contributed by atoms with van der Waals surface area (Å²) in [6.07, 6.45) is -1.80. The van der Waals surface area contributed by atoms with Crippen molar-refractivity contribution >= 4 is 34.2 Å². The molecule has 0 saturated carbocycles. The number of amides is 2. The number of nitrogens with zero attached hydrogens (tertiary/aromatic N) is 2. The van der Waals surface area contributed by atoms with Crippen LogP contribution < -0.4 is 10.9 Å². The Morgan fingerprint density at radius 1 is 1.27 bits per heavy atom. The van der Waals surface area contributed by atoms with Crippen molar-refractivity contribution in [1.29, 1.82) is 0 Å². The molecule has 10 heteroatoms. The van der Waals surface area contributed by atoms with Gasteiger partial charge in [0.1, 0.15) is 6.54 Å². The maximum Gasteiger partial charge on any atom is 0.449 e. The van der Waals surface area contributed by atoms with Crippen LogP contribution in [0.3, 0.4) is 0 Å². The molecule has 0 bridgehead atoms. The molecule has 0 spiro atoms. The average molecular weight is 436 g/mol. The van der Waals surface area contributed by atoms with Gasteiger partial charge in [-0.1, -0.05) is 19.1 Å². The number of alkyl halides is 3. The number of nitrogens with one attached hydrogen (secondary N) is 2. The number of aromatic nitrogens is 2. The normalized spacial score (nSPS) is 16.3. The lowest BCUT2D eigenvalue weighted by Gasteiger charge is -2.16. The summed E-state index contributed by atoms with van der Waals surface area (Å²) in [5.41, 5.74) is 5.97. The molecule has 4 rings (SSSR count). The number of hydrogen-bond acceptors (Lipinski definition) is 4. The van der Waals surface area contributed by atoms with Gasteiger partial charge in [0.05, 0.1) is 15.9 Å². The molecule has 1 aliphatic rings. The summed E-state index contributed by atoms with van der Waals surface area (Å²) in [5.74, 6) is -1.87. The number of para-hydroxylation sites is 2. The maximum absolute atomic E-state index is 13.3. The van der Waals surface area contributed by atoms with Crippen molar-refractivity contribution in [1.82, 2.24) is 20.4 Å². The summed E-state index contributed by atoms with van der Waals surface area (Å²) in [7, 11) is 0. The summed E-state index contributed by atoms with van der Waals surface area (Å²) in [4.78, 5) is 29.9. The first kappa shape index (κ1) is 20.4. The van der Waals surface area contributed by atoms with Crippen LogP contribution in [-0.4, -0.2) is 21.4 Å². The van der Waals surface area contributed by atoms with Gasteiger partial charge in [0.25, 0.3) is 11.8 Å². The van der Waals surface area contributed by atoms with E-state index in [2.05, 4.69) is 22.8 Å². The van der Waals surface area contributed by atoms with E-state index in [0.29, 0.717) is 10.8 Å². The third-order valence-electron chi connectivity index (χ3n) is 5.08. The Morgan fingerprint density at radius 2 is 2.03 bits per heavy atom. The molecule has 1 unspecified atom stereocenters. The highest BCUT2D eigenvalue weighted by Crippen LogP contribution is 2.32. The minimum Gasteiger partial charge on any atom is -0.311 e. The minimum absolute atomic E-state index is 0.139. The van der Waals surface area contributed by atoms with Gasteiger partial charge in [-0.05, 0) is 48.9 Å². The van der Waals surface area contributed by atoms with Crippen molar-refractivity contribution < 1.29 is 22.8 Å². The topological polar surface area (TPSA) is 76.0 Å². The molecule has 2 N–H and O–H groups in total. The van der Waals surface area contributed by atoms with Gasteiger partial charge in [0, 0.05) is 4.88 Å². The predicted octanol–water partition coefficient (Wildman–Crippen LogP) is 3.70. The van der Waals surface area contributed by atoms with Gasteiger partial charge in [-0.2, -0.15) is 13.2 Å². The molecule has 30 heavy (non-hydrogen) atoms. The molecular formula is C20H19F3N4O2S. The number of imidazole rings is 1. The van der Waals surface area contributed by atoms with E-state index in [1.54, 1.807) is 12.1 Å². The first-order valence-corrected chi connectivity index (χ1v) is 10.3. The molecule has 158 valence electrons. The lowest BCUT2D eigenvalue weighted by Crippen LogP contribution is -2.43. The second-order valence-corrected chi connectivity index (χ2v) is 8.55. The van der Waals surface area contributed by atoms with Gasteiger partial charge in [-0.15, -0.1) is 11.3 Å². The van der Waals surface area contributed by atoms with Crippen LogP contribution in [0.15, 0.2) is 30.3 Å². The van der Waals surface area contributed by atoms with Gasteiger partial charge >= 0.3 is 6.18 Å². The molecular weight excluding hydrogens is 417 g/mol. The molecule has 1 aromatic carbocycles. The van der Waals surface area contributed by atoms with Crippen LogP contribution in [0, 0.1) is 5.92 Å². The summed E-state index contributed by atoms with van der Waals surface area (Å²) >= 11 is 1.38. The second-order valence-electron chi connectivity index (χ2n) is 7.42. The summed E-state index contributed by atoms with van der Waals surface area (Å²) in [6.45, 7) is 1.53. The van der Waals surface area contributed by atoms with Gasteiger partial charge in [0.2, 0.25) is 5.82 Å². The zero-order valence-electron chi connectivity index (χ0n) is 16.0. The molecule has 3 aromatic rings. The average Bonchev–Trinajstić information content (AvgIpc) is 3.27. The largest absolute Gasteiger partial charge is 0.449 e. The van der Waals surface area contributed by atoms with E-state index in [1.807, 2.05) is 6.07 Å². The van der Waals surface area contributed by atoms with E-state index in [1.165, 1.54) is 28.3 Å². The Kier molecular flexibility index (Phi) is 5.27. The molecule has 1 atom stereocenters. The standard InChI is InChI=1S/C20H19F3N4O2S/c1-11-6-7-15-12(8-11)9-16(30-15)18(29)26-25-17(28)10-27-14-5-3-2-4-13(14)24-19(27)20(21,22)23/h2-5,9,11H,6-8,10H2,1H3,(H,25,28)(H,26,29). The van der Waals surface area contributed by atoms with Crippen LogP contribution >= 0.6 is 11.3 Å². The van der Waals surface area contributed by atoms with Gasteiger partial charge in [-0.25, -0.2) is 4.98 Å². The molecule has 2 heterocycles. The van der Waals surface area contributed by atoms with E-state index in [-0.39, 0.29) is 11.0 Å². The van der Waals surface area contributed by atoms with Crippen LogP contribution in [0.1, 0.15) is 39.3 Å². The number of fused-ring (bicyclic) bond motifs is 2. The van der Waals surface area contributed by atoms with E-state index in [4.69, 9.17) is 0 Å². The van der Waals surface area contributed by atoms with E-state index < -0.39 is 30.4 Å². The highest BCUT2D eigenvalue weighted by molar-refractivity contribution is 7.14. The maximum atomic E-state index is 13.3. The number of halogens is 3. The Morgan fingerprint density at radius 3 is 2.80 bits per heavy atom. The predicted molar refractivity (Wildman–Crippen MR) is 106 cm³/mol. The molecule has 0 radical (unpaired) electrons. The van der Waals surface area contributed by atoms with E-state index in [0.717, 1.165) is 29.4 Å². The molecule has 2 amide bonds. The van der Waals surface area contributed by atoms with Crippen molar-refractivity contribution in [3.63, 3.8) is 0 Å². The number of carbonyl (C=O) groups excluding carboxylic acids is 2. The number of rotatable bonds is 3. The number of hydrazine groups is 1. The van der Waals surface area contributed by atoms with Gasteiger partial charge < -0.3 is 4.57 Å². The van der Waals surface area contributed by atoms with Crippen molar-refractivity contribution in [2.75, 3.05) is 0 Å². The Balaban J connectivity index is 1.45. The molecule has 0 saturated heterocycles. The van der Waals surface area contributed by atoms with Crippen LogP contribution in [0.2, 0.25) is 0 Å². The Hall–Kier alpha value is -2.88. The fraction of sp³-hybridized carbons (Fsp3) is 0.350.